The van der Waals surface area contributed by atoms with Crippen molar-refractivity contribution in [2.24, 2.45) is 11.3 Å². The molecule has 2 heterocycles. The van der Waals surface area contributed by atoms with Crippen molar-refractivity contribution >= 4 is 0 Å². The molecule has 1 saturated carbocycles. The summed E-state index contributed by atoms with van der Waals surface area (Å²) < 4.78 is 17.2. The van der Waals surface area contributed by atoms with Gasteiger partial charge in [0.25, 0.3) is 0 Å². The van der Waals surface area contributed by atoms with E-state index in [-0.39, 0.29) is 5.41 Å². The number of hydrogen-bond acceptors (Lipinski definition) is 4. The Balaban J connectivity index is 1.33. The fourth-order valence-corrected chi connectivity index (χ4v) is 4.21. The second-order valence-corrected chi connectivity index (χ2v) is 7.06. The molecule has 3 aliphatic rings. The first-order valence-corrected chi connectivity index (χ1v) is 8.24. The third kappa shape index (κ3) is 2.89. The monoisotopic (exact) mass is 283 g/mol. The Morgan fingerprint density at radius 3 is 2.75 bits per heavy atom. The quantitative estimate of drug-likeness (QED) is 0.757. The van der Waals surface area contributed by atoms with E-state index in [1.807, 2.05) is 0 Å². The van der Waals surface area contributed by atoms with Crippen LogP contribution in [0.3, 0.4) is 0 Å². The van der Waals surface area contributed by atoms with E-state index in [1.54, 1.807) is 0 Å². The van der Waals surface area contributed by atoms with Crippen LogP contribution >= 0.6 is 0 Å². The molecule has 4 nitrogen and oxygen atoms in total. The van der Waals surface area contributed by atoms with Gasteiger partial charge in [0, 0.05) is 37.1 Å². The maximum absolute atomic E-state index is 5.93. The third-order valence-electron chi connectivity index (χ3n) is 5.27. The maximum atomic E-state index is 5.93. The van der Waals surface area contributed by atoms with Gasteiger partial charge in [-0.25, -0.2) is 0 Å². The van der Waals surface area contributed by atoms with Crippen LogP contribution in [0.2, 0.25) is 0 Å². The van der Waals surface area contributed by atoms with E-state index in [2.05, 4.69) is 19.2 Å². The summed E-state index contributed by atoms with van der Waals surface area (Å²) in [6.07, 6.45) is 5.66. The smallest absolute Gasteiger partial charge is 0.0809 e. The van der Waals surface area contributed by atoms with E-state index in [4.69, 9.17) is 14.2 Å². The zero-order valence-electron chi connectivity index (χ0n) is 12.9. The van der Waals surface area contributed by atoms with Gasteiger partial charge in [0.05, 0.1) is 25.4 Å². The molecule has 0 aromatic carbocycles. The molecule has 1 aliphatic carbocycles. The van der Waals surface area contributed by atoms with Gasteiger partial charge in [0.2, 0.25) is 0 Å². The van der Waals surface area contributed by atoms with E-state index in [9.17, 15) is 0 Å². The van der Waals surface area contributed by atoms with Crippen LogP contribution in [0.4, 0.5) is 0 Å². The summed E-state index contributed by atoms with van der Waals surface area (Å²) in [5, 5.41) is 3.69. The lowest BCUT2D eigenvalue weighted by molar-refractivity contribution is -0.193. The normalized spacial score (nSPS) is 39.3. The number of fused-ring (bicyclic) bond motifs is 1. The summed E-state index contributed by atoms with van der Waals surface area (Å²) in [5.41, 5.74) is 0.264. The summed E-state index contributed by atoms with van der Waals surface area (Å²) in [6.45, 7) is 8.97. The Kier molecular flexibility index (Phi) is 4.65. The van der Waals surface area contributed by atoms with Crippen molar-refractivity contribution in [1.29, 1.82) is 0 Å². The summed E-state index contributed by atoms with van der Waals surface area (Å²) in [5.74, 6) is 0.705. The summed E-state index contributed by atoms with van der Waals surface area (Å²) >= 11 is 0. The Bertz CT molecular complexity index is 315. The molecular weight excluding hydrogens is 254 g/mol. The second kappa shape index (κ2) is 6.30. The molecule has 3 rings (SSSR count). The minimum atomic E-state index is 0.264. The van der Waals surface area contributed by atoms with Gasteiger partial charge in [-0.1, -0.05) is 13.8 Å². The van der Waals surface area contributed by atoms with Crippen molar-refractivity contribution in [2.45, 2.75) is 57.8 Å². The number of hydrogen-bond donors (Lipinski definition) is 1. The first kappa shape index (κ1) is 14.8. The first-order chi connectivity index (χ1) is 9.69. The van der Waals surface area contributed by atoms with Crippen LogP contribution in [-0.2, 0) is 14.2 Å². The van der Waals surface area contributed by atoms with Crippen molar-refractivity contribution in [3.63, 3.8) is 0 Å². The maximum Gasteiger partial charge on any atom is 0.0809 e. The highest BCUT2D eigenvalue weighted by Gasteiger charge is 2.57. The molecule has 116 valence electrons. The largest absolute Gasteiger partial charge is 0.377 e. The van der Waals surface area contributed by atoms with Crippen LogP contribution in [0, 0.1) is 11.3 Å². The van der Waals surface area contributed by atoms with Crippen molar-refractivity contribution in [3.05, 3.63) is 0 Å². The van der Waals surface area contributed by atoms with E-state index < -0.39 is 0 Å². The molecule has 0 unspecified atom stereocenters. The molecule has 4 heteroatoms. The molecular formula is C16H29NO3. The molecule has 3 fully saturated rings. The highest BCUT2D eigenvalue weighted by molar-refractivity contribution is 5.10. The predicted molar refractivity (Wildman–Crippen MR) is 77.8 cm³/mol. The Morgan fingerprint density at radius 2 is 1.95 bits per heavy atom. The summed E-state index contributed by atoms with van der Waals surface area (Å²) in [6, 6.07) is 0.583. The zero-order chi connectivity index (χ0) is 14.0. The Labute approximate surface area is 122 Å². The summed E-state index contributed by atoms with van der Waals surface area (Å²) in [4.78, 5) is 0. The van der Waals surface area contributed by atoms with E-state index in [0.717, 1.165) is 39.4 Å². The van der Waals surface area contributed by atoms with Crippen LogP contribution in [0.25, 0.3) is 0 Å². The van der Waals surface area contributed by atoms with Crippen molar-refractivity contribution in [2.75, 3.05) is 33.0 Å². The van der Waals surface area contributed by atoms with Gasteiger partial charge in [-0.05, 0) is 25.7 Å². The molecule has 1 N–H and O–H groups in total. The molecule has 0 amide bonds. The average Bonchev–Trinajstić information content (AvgIpc) is 2.95. The predicted octanol–water partition coefficient (Wildman–Crippen LogP) is 1.98. The Hall–Kier alpha value is -0.160. The molecule has 2 saturated heterocycles. The first-order valence-electron chi connectivity index (χ1n) is 8.24. The molecule has 0 radical (unpaired) electrons. The molecule has 0 bridgehead atoms. The lowest BCUT2D eigenvalue weighted by Gasteiger charge is -2.60. The van der Waals surface area contributed by atoms with E-state index in [1.165, 1.54) is 19.3 Å². The fraction of sp³-hybridized carbons (Fsp3) is 1.00. The lowest BCUT2D eigenvalue weighted by Crippen LogP contribution is -2.69. The average molecular weight is 283 g/mol. The molecule has 20 heavy (non-hydrogen) atoms. The van der Waals surface area contributed by atoms with Crippen molar-refractivity contribution in [1.82, 2.24) is 5.32 Å². The Morgan fingerprint density at radius 1 is 1.15 bits per heavy atom. The van der Waals surface area contributed by atoms with Gasteiger partial charge in [-0.3, -0.25) is 0 Å². The van der Waals surface area contributed by atoms with Crippen LogP contribution in [0.15, 0.2) is 0 Å². The van der Waals surface area contributed by atoms with Crippen molar-refractivity contribution in [3.8, 4) is 0 Å². The van der Waals surface area contributed by atoms with Gasteiger partial charge in [0.15, 0.2) is 0 Å². The minimum Gasteiger partial charge on any atom is -0.377 e. The zero-order valence-corrected chi connectivity index (χ0v) is 12.9. The lowest BCUT2D eigenvalue weighted by atomic mass is 9.55. The molecule has 2 aliphatic heterocycles. The second-order valence-electron chi connectivity index (χ2n) is 7.06. The SMILES string of the molecule is CC1(C)[C@H](NCCOC[C@@H]2CCCO2)[C@H]2CCCO[C@@H]21. The number of ether oxygens (including phenoxy) is 3. The van der Waals surface area contributed by atoms with Crippen LogP contribution in [0.1, 0.15) is 39.5 Å². The molecule has 0 spiro atoms. The van der Waals surface area contributed by atoms with E-state index >= 15 is 0 Å². The van der Waals surface area contributed by atoms with Gasteiger partial charge < -0.3 is 19.5 Å². The fourth-order valence-electron chi connectivity index (χ4n) is 4.21. The number of rotatable bonds is 6. The standard InChI is InChI=1S/C16H29NO3/c1-16(2)14(13-6-4-9-20-15(13)16)17-7-10-18-11-12-5-3-8-19-12/h12-15,17H,3-11H2,1-2H3/t12-,13+,14+,15-/m0/s1. The number of nitrogens with one attached hydrogen (secondary N) is 1. The molecule has 0 aromatic rings. The van der Waals surface area contributed by atoms with Crippen LogP contribution in [-0.4, -0.2) is 51.2 Å². The van der Waals surface area contributed by atoms with Crippen LogP contribution < -0.4 is 5.32 Å². The van der Waals surface area contributed by atoms with Gasteiger partial charge in [0.1, 0.15) is 0 Å². The van der Waals surface area contributed by atoms with Gasteiger partial charge >= 0.3 is 0 Å². The van der Waals surface area contributed by atoms with Crippen molar-refractivity contribution < 1.29 is 14.2 Å². The highest BCUT2D eigenvalue weighted by atomic mass is 16.5. The van der Waals surface area contributed by atoms with Crippen LogP contribution in [0.5, 0.6) is 0 Å². The van der Waals surface area contributed by atoms with E-state index in [0.29, 0.717) is 24.2 Å². The minimum absolute atomic E-state index is 0.264. The highest BCUT2D eigenvalue weighted by Crippen LogP contribution is 2.51. The van der Waals surface area contributed by atoms with Gasteiger partial charge in [-0.15, -0.1) is 0 Å². The third-order valence-corrected chi connectivity index (χ3v) is 5.27. The summed E-state index contributed by atoms with van der Waals surface area (Å²) in [7, 11) is 0. The molecule has 4 atom stereocenters. The topological polar surface area (TPSA) is 39.7 Å². The van der Waals surface area contributed by atoms with Gasteiger partial charge in [-0.2, -0.15) is 0 Å². The molecule has 0 aromatic heterocycles.